The Morgan fingerprint density at radius 3 is 3.00 bits per heavy atom. The number of fused-ring (bicyclic) bond motifs is 2. The van der Waals surface area contributed by atoms with Gasteiger partial charge in [0.05, 0.1) is 13.0 Å². The van der Waals surface area contributed by atoms with Gasteiger partial charge in [-0.25, -0.2) is 0 Å². The van der Waals surface area contributed by atoms with Gasteiger partial charge in [-0.3, -0.25) is 9.59 Å². The summed E-state index contributed by atoms with van der Waals surface area (Å²) in [5.74, 6) is -0.526. The fourth-order valence-electron chi connectivity index (χ4n) is 4.40. The molecule has 1 aliphatic heterocycles. The smallest absolute Gasteiger partial charge is 0.310 e. The average molecular weight is 324 g/mol. The van der Waals surface area contributed by atoms with Gasteiger partial charge in [0.2, 0.25) is 5.91 Å². The lowest BCUT2D eigenvalue weighted by atomic mass is 9.72. The zero-order chi connectivity index (χ0) is 16.8. The SMILES string of the molecule is C=CC(=O)N1CC(C(=O)OC)CC2c3cccc4[nH]cc(c34)CC21. The van der Waals surface area contributed by atoms with Crippen molar-refractivity contribution < 1.29 is 14.3 Å². The number of H-pyrrole nitrogens is 1. The highest BCUT2D eigenvalue weighted by molar-refractivity contribution is 5.91. The molecule has 1 aliphatic carbocycles. The van der Waals surface area contributed by atoms with Crippen LogP contribution in [0, 0.1) is 5.92 Å². The van der Waals surface area contributed by atoms with E-state index in [-0.39, 0.29) is 29.8 Å². The highest BCUT2D eigenvalue weighted by atomic mass is 16.5. The molecule has 2 aromatic rings. The number of benzene rings is 1. The van der Waals surface area contributed by atoms with Gasteiger partial charge in [0.1, 0.15) is 0 Å². The number of hydrogen-bond acceptors (Lipinski definition) is 3. The molecule has 1 aromatic heterocycles. The van der Waals surface area contributed by atoms with Crippen LogP contribution in [0.1, 0.15) is 23.5 Å². The molecule has 5 nitrogen and oxygen atoms in total. The van der Waals surface area contributed by atoms with E-state index in [1.54, 1.807) is 4.90 Å². The van der Waals surface area contributed by atoms with E-state index in [2.05, 4.69) is 23.7 Å². The van der Waals surface area contributed by atoms with Crippen LogP contribution in [0.5, 0.6) is 0 Å². The quantitative estimate of drug-likeness (QED) is 0.681. The molecule has 1 N–H and O–H groups in total. The predicted octanol–water partition coefficient (Wildman–Crippen LogP) is 2.38. The van der Waals surface area contributed by atoms with Crippen molar-refractivity contribution in [2.24, 2.45) is 5.92 Å². The number of rotatable bonds is 2. The second kappa shape index (κ2) is 5.51. The molecule has 24 heavy (non-hydrogen) atoms. The molecule has 0 saturated carbocycles. The molecule has 1 aromatic carbocycles. The Labute approximate surface area is 140 Å². The van der Waals surface area contributed by atoms with Crippen molar-refractivity contribution in [2.45, 2.75) is 24.8 Å². The van der Waals surface area contributed by atoms with E-state index < -0.39 is 0 Å². The zero-order valence-electron chi connectivity index (χ0n) is 13.6. The molecule has 1 amide bonds. The lowest BCUT2D eigenvalue weighted by Gasteiger charge is -2.46. The Hall–Kier alpha value is -2.56. The van der Waals surface area contributed by atoms with E-state index in [0.717, 1.165) is 11.9 Å². The third-order valence-corrected chi connectivity index (χ3v) is 5.46. The molecule has 0 bridgehead atoms. The van der Waals surface area contributed by atoms with E-state index in [0.29, 0.717) is 13.0 Å². The molecule has 2 aliphatic rings. The van der Waals surface area contributed by atoms with Gasteiger partial charge in [-0.05, 0) is 36.1 Å². The number of esters is 1. The largest absolute Gasteiger partial charge is 0.469 e. The number of hydrogen-bond donors (Lipinski definition) is 1. The number of likely N-dealkylation sites (tertiary alicyclic amines) is 1. The Morgan fingerprint density at radius 1 is 1.42 bits per heavy atom. The van der Waals surface area contributed by atoms with Crippen molar-refractivity contribution in [1.29, 1.82) is 0 Å². The molecular formula is C19H20N2O3. The van der Waals surface area contributed by atoms with Crippen LogP contribution in [0.25, 0.3) is 10.9 Å². The number of aromatic nitrogens is 1. The van der Waals surface area contributed by atoms with Crippen molar-refractivity contribution in [3.05, 3.63) is 48.2 Å². The van der Waals surface area contributed by atoms with Crippen LogP contribution in [0.2, 0.25) is 0 Å². The van der Waals surface area contributed by atoms with Crippen molar-refractivity contribution in [3.63, 3.8) is 0 Å². The number of carbonyl (C=O) groups is 2. The van der Waals surface area contributed by atoms with E-state index >= 15 is 0 Å². The maximum absolute atomic E-state index is 12.4. The normalized spacial score (nSPS) is 25.2. The molecule has 5 heteroatoms. The van der Waals surface area contributed by atoms with Crippen molar-refractivity contribution >= 4 is 22.8 Å². The molecule has 4 rings (SSSR count). The summed E-state index contributed by atoms with van der Waals surface area (Å²) in [6.45, 7) is 4.02. The van der Waals surface area contributed by atoms with Gasteiger partial charge in [0, 0.05) is 35.6 Å². The molecular weight excluding hydrogens is 304 g/mol. The maximum Gasteiger partial charge on any atom is 0.310 e. The van der Waals surface area contributed by atoms with Gasteiger partial charge in [-0.15, -0.1) is 0 Å². The van der Waals surface area contributed by atoms with Gasteiger partial charge in [-0.1, -0.05) is 18.7 Å². The molecule has 3 atom stereocenters. The minimum atomic E-state index is -0.295. The molecule has 124 valence electrons. The minimum absolute atomic E-state index is 0.0605. The second-order valence-electron chi connectivity index (χ2n) is 6.61. The molecule has 1 fully saturated rings. The molecule has 2 heterocycles. The van der Waals surface area contributed by atoms with Crippen molar-refractivity contribution in [1.82, 2.24) is 9.88 Å². The number of ether oxygens (including phenoxy) is 1. The van der Waals surface area contributed by atoms with Crippen molar-refractivity contribution in [3.8, 4) is 0 Å². The van der Waals surface area contributed by atoms with Crippen LogP contribution in [0.4, 0.5) is 0 Å². The van der Waals surface area contributed by atoms with Gasteiger partial charge in [-0.2, -0.15) is 0 Å². The molecule has 1 saturated heterocycles. The lowest BCUT2D eigenvalue weighted by Crippen LogP contribution is -2.53. The van der Waals surface area contributed by atoms with Gasteiger partial charge in [0.15, 0.2) is 0 Å². The zero-order valence-corrected chi connectivity index (χ0v) is 13.6. The Balaban J connectivity index is 1.82. The summed E-state index contributed by atoms with van der Waals surface area (Å²) < 4.78 is 4.95. The van der Waals surface area contributed by atoms with Crippen LogP contribution in [-0.4, -0.2) is 41.5 Å². The summed E-state index contributed by atoms with van der Waals surface area (Å²) in [4.78, 5) is 29.7. The van der Waals surface area contributed by atoms with Gasteiger partial charge in [0.25, 0.3) is 0 Å². The van der Waals surface area contributed by atoms with Crippen LogP contribution in [0.15, 0.2) is 37.1 Å². The average Bonchev–Trinajstić information content (AvgIpc) is 3.04. The summed E-state index contributed by atoms with van der Waals surface area (Å²) >= 11 is 0. The van der Waals surface area contributed by atoms with Gasteiger partial charge < -0.3 is 14.6 Å². The summed E-state index contributed by atoms with van der Waals surface area (Å²) in [5.41, 5.74) is 3.57. The number of nitrogens with one attached hydrogen (secondary N) is 1. The number of carbonyl (C=O) groups excluding carboxylic acids is 2. The number of nitrogens with zero attached hydrogens (tertiary/aromatic N) is 1. The third-order valence-electron chi connectivity index (χ3n) is 5.46. The van der Waals surface area contributed by atoms with Crippen molar-refractivity contribution in [2.75, 3.05) is 13.7 Å². The predicted molar refractivity (Wildman–Crippen MR) is 90.6 cm³/mol. The molecule has 3 unspecified atom stereocenters. The first-order valence-corrected chi connectivity index (χ1v) is 8.23. The first-order valence-electron chi connectivity index (χ1n) is 8.23. The van der Waals surface area contributed by atoms with Crippen LogP contribution in [-0.2, 0) is 20.7 Å². The fourth-order valence-corrected chi connectivity index (χ4v) is 4.40. The first kappa shape index (κ1) is 15.0. The molecule has 0 radical (unpaired) electrons. The van der Waals surface area contributed by atoms with E-state index in [9.17, 15) is 9.59 Å². The monoisotopic (exact) mass is 324 g/mol. The summed E-state index contributed by atoms with van der Waals surface area (Å²) in [7, 11) is 1.40. The van der Waals surface area contributed by atoms with E-state index in [1.807, 2.05) is 12.3 Å². The van der Waals surface area contributed by atoms with E-state index in [1.165, 1.54) is 29.7 Å². The highest BCUT2D eigenvalue weighted by Crippen LogP contribution is 2.45. The summed E-state index contributed by atoms with van der Waals surface area (Å²) in [6.07, 6.45) is 4.88. The first-order chi connectivity index (χ1) is 11.6. The van der Waals surface area contributed by atoms with Crippen LogP contribution in [0.3, 0.4) is 0 Å². The fraction of sp³-hybridized carbons (Fsp3) is 0.368. The summed E-state index contributed by atoms with van der Waals surface area (Å²) in [6, 6.07) is 6.27. The number of aromatic amines is 1. The number of piperidine rings is 1. The Kier molecular flexibility index (Phi) is 3.44. The second-order valence-corrected chi connectivity index (χ2v) is 6.61. The van der Waals surface area contributed by atoms with Crippen LogP contribution < -0.4 is 0 Å². The minimum Gasteiger partial charge on any atom is -0.469 e. The van der Waals surface area contributed by atoms with E-state index in [4.69, 9.17) is 4.74 Å². The standard InChI is InChI=1S/C19H20N2O3/c1-3-17(22)21-10-12(19(23)24-2)7-14-13-5-4-6-15-18(13)11(9-20-15)8-16(14)21/h3-6,9,12,14,16,20H,1,7-8,10H2,2H3. The summed E-state index contributed by atoms with van der Waals surface area (Å²) in [5, 5.41) is 1.25. The highest BCUT2D eigenvalue weighted by Gasteiger charge is 2.44. The third kappa shape index (κ3) is 2.08. The maximum atomic E-state index is 12.4. The lowest BCUT2D eigenvalue weighted by molar-refractivity contribution is -0.150. The Morgan fingerprint density at radius 2 is 2.25 bits per heavy atom. The number of amides is 1. The van der Waals surface area contributed by atoms with Gasteiger partial charge >= 0.3 is 5.97 Å². The Bertz CT molecular complexity index is 838. The number of methoxy groups -OCH3 is 1. The topological polar surface area (TPSA) is 62.4 Å². The molecule has 0 spiro atoms. The van der Waals surface area contributed by atoms with Crippen LogP contribution >= 0.6 is 0 Å².